The zero-order chi connectivity index (χ0) is 15.8. The average Bonchev–Trinajstić information content (AvgIpc) is 2.47. The summed E-state index contributed by atoms with van der Waals surface area (Å²) < 4.78 is 0. The van der Waals surface area contributed by atoms with Gasteiger partial charge in [-0.3, -0.25) is 9.69 Å². The second kappa shape index (κ2) is 8.90. The van der Waals surface area contributed by atoms with E-state index >= 15 is 0 Å². The molecule has 5 heteroatoms. The van der Waals surface area contributed by atoms with Crippen molar-refractivity contribution in [2.24, 2.45) is 5.92 Å². The lowest BCUT2D eigenvalue weighted by molar-refractivity contribution is -0.117. The molecule has 1 aromatic carbocycles. The zero-order valence-corrected chi connectivity index (χ0v) is 13.9. The molecule has 0 heterocycles. The minimum absolute atomic E-state index is 0.0585. The van der Waals surface area contributed by atoms with E-state index in [1.54, 1.807) is 18.2 Å². The van der Waals surface area contributed by atoms with Crippen molar-refractivity contribution in [2.75, 3.05) is 30.7 Å². The van der Waals surface area contributed by atoms with Crippen LogP contribution >= 0.6 is 11.6 Å². The number of benzene rings is 1. The van der Waals surface area contributed by atoms with Crippen molar-refractivity contribution in [3.05, 3.63) is 23.2 Å². The number of carbonyl (C=O) groups is 1. The number of nitrogen functional groups attached to an aromatic ring is 1. The van der Waals surface area contributed by atoms with E-state index in [1.807, 2.05) is 0 Å². The predicted molar refractivity (Wildman–Crippen MR) is 90.7 cm³/mol. The van der Waals surface area contributed by atoms with E-state index in [0.717, 1.165) is 25.9 Å². The molecule has 0 bridgehead atoms. The lowest BCUT2D eigenvalue weighted by Crippen LogP contribution is -2.36. The molecule has 0 unspecified atom stereocenters. The topological polar surface area (TPSA) is 58.4 Å². The maximum atomic E-state index is 12.2. The molecule has 0 fully saturated rings. The highest BCUT2D eigenvalue weighted by Crippen LogP contribution is 2.22. The van der Waals surface area contributed by atoms with Gasteiger partial charge in [-0.05, 0) is 30.7 Å². The van der Waals surface area contributed by atoms with Gasteiger partial charge in [0.2, 0.25) is 5.91 Å². The normalized spacial score (nSPS) is 11.1. The number of amides is 1. The van der Waals surface area contributed by atoms with Crippen LogP contribution < -0.4 is 11.1 Å². The number of hydrogen-bond acceptors (Lipinski definition) is 3. The van der Waals surface area contributed by atoms with Gasteiger partial charge in [0.15, 0.2) is 0 Å². The number of anilines is 2. The van der Waals surface area contributed by atoms with E-state index in [1.165, 1.54) is 0 Å². The van der Waals surface area contributed by atoms with Gasteiger partial charge in [-0.15, -0.1) is 0 Å². The molecule has 0 aromatic heterocycles. The summed E-state index contributed by atoms with van der Waals surface area (Å²) in [6, 6.07) is 5.07. The van der Waals surface area contributed by atoms with E-state index in [4.69, 9.17) is 17.3 Å². The highest BCUT2D eigenvalue weighted by atomic mass is 35.5. The van der Waals surface area contributed by atoms with Crippen molar-refractivity contribution in [3.8, 4) is 0 Å². The number of rotatable bonds is 8. The van der Waals surface area contributed by atoms with Crippen molar-refractivity contribution in [1.82, 2.24) is 4.90 Å². The lowest BCUT2D eigenvalue weighted by Gasteiger charge is -2.24. The summed E-state index contributed by atoms with van der Waals surface area (Å²) in [4.78, 5) is 14.3. The number of likely N-dealkylation sites (N-methyl/N-ethyl adjacent to an activating group) is 1. The maximum absolute atomic E-state index is 12.2. The first-order valence-corrected chi connectivity index (χ1v) is 7.95. The molecule has 1 amide bonds. The second-order valence-corrected chi connectivity index (χ2v) is 5.73. The van der Waals surface area contributed by atoms with Crippen molar-refractivity contribution >= 4 is 28.9 Å². The molecule has 118 valence electrons. The van der Waals surface area contributed by atoms with Gasteiger partial charge in [0.1, 0.15) is 0 Å². The Kier molecular flexibility index (Phi) is 7.54. The van der Waals surface area contributed by atoms with Crippen LogP contribution in [0, 0.1) is 5.92 Å². The molecule has 0 aliphatic rings. The van der Waals surface area contributed by atoms with Crippen LogP contribution in [0.4, 0.5) is 11.4 Å². The summed E-state index contributed by atoms with van der Waals surface area (Å²) in [6.45, 7) is 8.63. The molecule has 4 nitrogen and oxygen atoms in total. The Morgan fingerprint density at radius 3 is 2.57 bits per heavy atom. The summed E-state index contributed by atoms with van der Waals surface area (Å²) in [5.74, 6) is 0.575. The number of halogens is 1. The fraction of sp³-hybridized carbons (Fsp3) is 0.562. The van der Waals surface area contributed by atoms with Crippen LogP contribution in [0.1, 0.15) is 33.6 Å². The first-order valence-electron chi connectivity index (χ1n) is 7.57. The van der Waals surface area contributed by atoms with E-state index in [0.29, 0.717) is 28.9 Å². The van der Waals surface area contributed by atoms with Crippen LogP contribution in [-0.4, -0.2) is 30.4 Å². The van der Waals surface area contributed by atoms with Gasteiger partial charge in [0.25, 0.3) is 0 Å². The van der Waals surface area contributed by atoms with Crippen LogP contribution in [-0.2, 0) is 4.79 Å². The SMILES string of the molecule is CCC(CC)CN(CC)CC(=O)Nc1cc(Cl)ccc1N. The molecule has 3 N–H and O–H groups in total. The van der Waals surface area contributed by atoms with E-state index < -0.39 is 0 Å². The van der Waals surface area contributed by atoms with E-state index in [-0.39, 0.29) is 5.91 Å². The molecule has 0 atom stereocenters. The summed E-state index contributed by atoms with van der Waals surface area (Å²) >= 11 is 5.92. The van der Waals surface area contributed by atoms with E-state index in [9.17, 15) is 4.79 Å². The molecule has 0 spiro atoms. The number of nitrogens with zero attached hydrogens (tertiary/aromatic N) is 1. The molecule has 1 rings (SSSR count). The zero-order valence-electron chi connectivity index (χ0n) is 13.2. The number of hydrogen-bond donors (Lipinski definition) is 2. The predicted octanol–water partition coefficient (Wildman–Crippen LogP) is 3.62. The summed E-state index contributed by atoms with van der Waals surface area (Å²) in [6.07, 6.45) is 2.27. The van der Waals surface area contributed by atoms with Crippen molar-refractivity contribution in [1.29, 1.82) is 0 Å². The lowest BCUT2D eigenvalue weighted by atomic mass is 10.0. The van der Waals surface area contributed by atoms with Gasteiger partial charge in [0.05, 0.1) is 17.9 Å². The van der Waals surface area contributed by atoms with Gasteiger partial charge in [-0.1, -0.05) is 45.2 Å². The van der Waals surface area contributed by atoms with Gasteiger partial charge in [0, 0.05) is 11.6 Å². The third kappa shape index (κ3) is 5.94. The highest BCUT2D eigenvalue weighted by molar-refractivity contribution is 6.31. The molecular formula is C16H26ClN3O. The molecular weight excluding hydrogens is 286 g/mol. The first-order chi connectivity index (χ1) is 9.99. The molecule has 21 heavy (non-hydrogen) atoms. The Morgan fingerprint density at radius 1 is 1.33 bits per heavy atom. The van der Waals surface area contributed by atoms with Gasteiger partial charge >= 0.3 is 0 Å². The number of nitrogens with one attached hydrogen (secondary N) is 1. The molecule has 0 saturated heterocycles. The smallest absolute Gasteiger partial charge is 0.238 e. The van der Waals surface area contributed by atoms with Crippen molar-refractivity contribution < 1.29 is 4.79 Å². The highest BCUT2D eigenvalue weighted by Gasteiger charge is 2.14. The number of nitrogens with two attached hydrogens (primary N) is 1. The standard InChI is InChI=1S/C16H26ClN3O/c1-4-12(5-2)10-20(6-3)11-16(21)19-15-9-13(17)7-8-14(15)18/h7-9,12H,4-6,10-11,18H2,1-3H3,(H,19,21). The number of carbonyl (C=O) groups excluding carboxylic acids is 1. The summed E-state index contributed by atoms with van der Waals surface area (Å²) in [7, 11) is 0. The maximum Gasteiger partial charge on any atom is 0.238 e. The van der Waals surface area contributed by atoms with Crippen molar-refractivity contribution in [3.63, 3.8) is 0 Å². The molecule has 0 saturated carbocycles. The third-order valence-corrected chi connectivity index (χ3v) is 4.01. The largest absolute Gasteiger partial charge is 0.397 e. The molecule has 0 radical (unpaired) electrons. The average molecular weight is 312 g/mol. The fourth-order valence-corrected chi connectivity index (χ4v) is 2.42. The van der Waals surface area contributed by atoms with Crippen LogP contribution in [0.5, 0.6) is 0 Å². The van der Waals surface area contributed by atoms with Gasteiger partial charge < -0.3 is 11.1 Å². The van der Waals surface area contributed by atoms with Gasteiger partial charge in [-0.25, -0.2) is 0 Å². The summed E-state index contributed by atoms with van der Waals surface area (Å²) in [5.41, 5.74) is 6.94. The monoisotopic (exact) mass is 311 g/mol. The van der Waals surface area contributed by atoms with Crippen LogP contribution in [0.2, 0.25) is 5.02 Å². The Labute approximate surface area is 132 Å². The van der Waals surface area contributed by atoms with Crippen molar-refractivity contribution in [2.45, 2.75) is 33.6 Å². The Balaban J connectivity index is 2.60. The van der Waals surface area contributed by atoms with Crippen LogP contribution in [0.25, 0.3) is 0 Å². The second-order valence-electron chi connectivity index (χ2n) is 5.29. The minimum Gasteiger partial charge on any atom is -0.397 e. The molecule has 0 aliphatic carbocycles. The minimum atomic E-state index is -0.0585. The van der Waals surface area contributed by atoms with E-state index in [2.05, 4.69) is 31.0 Å². The Hall–Kier alpha value is -1.26. The third-order valence-electron chi connectivity index (χ3n) is 3.77. The van der Waals surface area contributed by atoms with Crippen LogP contribution in [0.15, 0.2) is 18.2 Å². The fourth-order valence-electron chi connectivity index (χ4n) is 2.25. The molecule has 1 aromatic rings. The van der Waals surface area contributed by atoms with Crippen LogP contribution in [0.3, 0.4) is 0 Å². The molecule has 0 aliphatic heterocycles. The Morgan fingerprint density at radius 2 is 2.00 bits per heavy atom. The Bertz CT molecular complexity index is 461. The quantitative estimate of drug-likeness (QED) is 0.721. The summed E-state index contributed by atoms with van der Waals surface area (Å²) in [5, 5.41) is 3.39. The van der Waals surface area contributed by atoms with Gasteiger partial charge in [-0.2, -0.15) is 0 Å². The first kappa shape index (κ1) is 17.8.